The summed E-state index contributed by atoms with van der Waals surface area (Å²) in [6.45, 7) is 13.0. The van der Waals surface area contributed by atoms with Crippen LogP contribution in [-0.2, 0) is 17.9 Å². The Balaban J connectivity index is 1.62. The average Bonchev–Trinajstić information content (AvgIpc) is 3.06. The largest absolute Gasteiger partial charge is 0.543 e. The van der Waals surface area contributed by atoms with Gasteiger partial charge in [0, 0.05) is 25.2 Å². The molecular formula is C25H33N3O2Si. The first-order valence-electron chi connectivity index (χ1n) is 10.9. The lowest BCUT2D eigenvalue weighted by atomic mass is 10.1. The molecule has 1 N–H and O–H groups in total. The molecule has 0 spiro atoms. The van der Waals surface area contributed by atoms with Crippen molar-refractivity contribution in [2.75, 3.05) is 6.54 Å². The summed E-state index contributed by atoms with van der Waals surface area (Å²) in [5.74, 6) is 1.03. The molecule has 1 amide bonds. The Kier molecular flexibility index (Phi) is 6.88. The van der Waals surface area contributed by atoms with Crippen molar-refractivity contribution in [3.05, 3.63) is 65.2 Å². The van der Waals surface area contributed by atoms with E-state index in [1.54, 1.807) is 6.07 Å². The van der Waals surface area contributed by atoms with Gasteiger partial charge in [0.2, 0.25) is 14.2 Å². The highest BCUT2D eigenvalue weighted by molar-refractivity contribution is 6.74. The highest BCUT2D eigenvalue weighted by Gasteiger charge is 2.39. The van der Waals surface area contributed by atoms with Crippen molar-refractivity contribution in [2.24, 2.45) is 0 Å². The SMILES string of the molecule is CC(C)(C)[Si](C)(C)Oc1ccccc1CN[C@H]1CCN(Cc2cccc(C#N)c2)C1=O. The molecule has 1 aliphatic rings. The second-order valence-corrected chi connectivity index (χ2v) is 14.5. The Morgan fingerprint density at radius 3 is 2.65 bits per heavy atom. The van der Waals surface area contributed by atoms with E-state index in [0.29, 0.717) is 18.7 Å². The Hall–Kier alpha value is -2.62. The maximum atomic E-state index is 12.9. The number of nitrogens with one attached hydrogen (secondary N) is 1. The van der Waals surface area contributed by atoms with Crippen molar-refractivity contribution in [2.45, 2.75) is 64.5 Å². The molecule has 0 unspecified atom stereocenters. The smallest absolute Gasteiger partial charge is 0.250 e. The van der Waals surface area contributed by atoms with Crippen LogP contribution in [0.4, 0.5) is 0 Å². The molecule has 1 saturated heterocycles. The third-order valence-electron chi connectivity index (χ3n) is 6.41. The van der Waals surface area contributed by atoms with E-state index in [1.165, 1.54) is 0 Å². The van der Waals surface area contributed by atoms with Crippen molar-refractivity contribution in [3.8, 4) is 11.8 Å². The molecule has 0 aromatic heterocycles. The summed E-state index contributed by atoms with van der Waals surface area (Å²) < 4.78 is 6.54. The number of rotatable bonds is 7. The molecule has 2 aromatic carbocycles. The molecule has 31 heavy (non-hydrogen) atoms. The third kappa shape index (κ3) is 5.55. The molecule has 3 rings (SSSR count). The van der Waals surface area contributed by atoms with E-state index in [1.807, 2.05) is 41.3 Å². The van der Waals surface area contributed by atoms with Crippen LogP contribution in [0.2, 0.25) is 18.1 Å². The summed E-state index contributed by atoms with van der Waals surface area (Å²) in [6.07, 6.45) is 0.780. The predicted molar refractivity (Wildman–Crippen MR) is 126 cm³/mol. The normalized spacial score (nSPS) is 17.0. The third-order valence-corrected chi connectivity index (χ3v) is 10.8. The number of para-hydroxylation sites is 1. The fraction of sp³-hybridized carbons (Fsp3) is 0.440. The summed E-state index contributed by atoms with van der Waals surface area (Å²) in [4.78, 5) is 14.8. The molecular weight excluding hydrogens is 402 g/mol. The predicted octanol–water partition coefficient (Wildman–Crippen LogP) is 4.83. The van der Waals surface area contributed by atoms with Gasteiger partial charge in [-0.2, -0.15) is 5.26 Å². The summed E-state index contributed by atoms with van der Waals surface area (Å²) >= 11 is 0. The summed E-state index contributed by atoms with van der Waals surface area (Å²) in [7, 11) is -1.94. The van der Waals surface area contributed by atoms with E-state index in [0.717, 1.165) is 29.8 Å². The molecule has 6 heteroatoms. The Bertz CT molecular complexity index is 975. The molecule has 1 atom stereocenters. The standard InChI is InChI=1S/C25H33N3O2Si/c1-25(2,3)31(4,5)30-23-12-7-6-11-21(23)17-27-22-13-14-28(24(22)29)18-20-10-8-9-19(15-20)16-26/h6-12,15,22,27H,13-14,17-18H2,1-5H3/t22-/m0/s1. The van der Waals surface area contributed by atoms with Crippen LogP contribution in [0.5, 0.6) is 5.75 Å². The first kappa shape index (κ1) is 23.0. The van der Waals surface area contributed by atoms with E-state index in [-0.39, 0.29) is 17.0 Å². The van der Waals surface area contributed by atoms with E-state index in [4.69, 9.17) is 9.69 Å². The van der Waals surface area contributed by atoms with Gasteiger partial charge < -0.3 is 14.6 Å². The second kappa shape index (κ2) is 9.25. The van der Waals surface area contributed by atoms with Crippen LogP contribution in [0.1, 0.15) is 43.9 Å². The minimum Gasteiger partial charge on any atom is -0.543 e. The highest BCUT2D eigenvalue weighted by atomic mass is 28.4. The van der Waals surface area contributed by atoms with Gasteiger partial charge in [-0.1, -0.05) is 51.1 Å². The van der Waals surface area contributed by atoms with Crippen LogP contribution in [-0.4, -0.2) is 31.7 Å². The van der Waals surface area contributed by atoms with Crippen LogP contribution in [0.3, 0.4) is 0 Å². The van der Waals surface area contributed by atoms with Crippen molar-refractivity contribution in [3.63, 3.8) is 0 Å². The maximum Gasteiger partial charge on any atom is 0.250 e. The van der Waals surface area contributed by atoms with Gasteiger partial charge in [-0.05, 0) is 48.3 Å². The van der Waals surface area contributed by atoms with Gasteiger partial charge in [0.1, 0.15) is 5.75 Å². The van der Waals surface area contributed by atoms with E-state index < -0.39 is 8.32 Å². The molecule has 1 heterocycles. The minimum atomic E-state index is -1.94. The topological polar surface area (TPSA) is 65.4 Å². The number of amides is 1. The lowest BCUT2D eigenvalue weighted by molar-refractivity contribution is -0.129. The van der Waals surface area contributed by atoms with Crippen molar-refractivity contribution >= 4 is 14.2 Å². The van der Waals surface area contributed by atoms with Crippen molar-refractivity contribution in [1.82, 2.24) is 10.2 Å². The van der Waals surface area contributed by atoms with E-state index >= 15 is 0 Å². The summed E-state index contributed by atoms with van der Waals surface area (Å²) in [5, 5.41) is 12.7. The molecule has 0 bridgehead atoms. The first-order valence-corrected chi connectivity index (χ1v) is 13.8. The second-order valence-electron chi connectivity index (χ2n) is 9.76. The van der Waals surface area contributed by atoms with Gasteiger partial charge in [-0.3, -0.25) is 4.79 Å². The molecule has 0 aliphatic carbocycles. The number of nitrogens with zero attached hydrogens (tertiary/aromatic N) is 2. The maximum absolute atomic E-state index is 12.9. The van der Waals surface area contributed by atoms with Crippen LogP contribution >= 0.6 is 0 Å². The van der Waals surface area contributed by atoms with Gasteiger partial charge in [0.15, 0.2) is 0 Å². The number of benzene rings is 2. The van der Waals surface area contributed by atoms with Crippen LogP contribution < -0.4 is 9.74 Å². The zero-order valence-electron chi connectivity index (χ0n) is 19.2. The van der Waals surface area contributed by atoms with Crippen molar-refractivity contribution < 1.29 is 9.22 Å². The van der Waals surface area contributed by atoms with Gasteiger partial charge in [0.25, 0.3) is 0 Å². The highest BCUT2D eigenvalue weighted by Crippen LogP contribution is 2.38. The fourth-order valence-electron chi connectivity index (χ4n) is 3.46. The summed E-state index contributed by atoms with van der Waals surface area (Å²) in [5.41, 5.74) is 2.69. The number of nitriles is 1. The molecule has 1 fully saturated rings. The Morgan fingerprint density at radius 2 is 1.94 bits per heavy atom. The van der Waals surface area contributed by atoms with Gasteiger partial charge in [-0.25, -0.2) is 0 Å². The quantitative estimate of drug-likeness (QED) is 0.633. The zero-order valence-corrected chi connectivity index (χ0v) is 20.2. The Labute approximate surface area is 187 Å². The van der Waals surface area contributed by atoms with E-state index in [9.17, 15) is 4.79 Å². The molecule has 2 aromatic rings. The van der Waals surface area contributed by atoms with Crippen LogP contribution in [0.25, 0.3) is 0 Å². The molecule has 0 radical (unpaired) electrons. The van der Waals surface area contributed by atoms with Crippen LogP contribution in [0, 0.1) is 11.3 Å². The first-order chi connectivity index (χ1) is 14.6. The Morgan fingerprint density at radius 1 is 1.19 bits per heavy atom. The molecule has 164 valence electrons. The van der Waals surface area contributed by atoms with Gasteiger partial charge >= 0.3 is 0 Å². The monoisotopic (exact) mass is 435 g/mol. The number of carbonyl (C=O) groups is 1. The fourth-order valence-corrected chi connectivity index (χ4v) is 4.51. The number of carbonyl (C=O) groups excluding carboxylic acids is 1. The van der Waals surface area contributed by atoms with Gasteiger partial charge in [-0.15, -0.1) is 0 Å². The van der Waals surface area contributed by atoms with E-state index in [2.05, 4.69) is 51.3 Å². The number of likely N-dealkylation sites (tertiary alicyclic amines) is 1. The average molecular weight is 436 g/mol. The molecule has 1 aliphatic heterocycles. The molecule has 5 nitrogen and oxygen atoms in total. The van der Waals surface area contributed by atoms with Crippen molar-refractivity contribution in [1.29, 1.82) is 5.26 Å². The lowest BCUT2D eigenvalue weighted by Crippen LogP contribution is -2.44. The summed E-state index contributed by atoms with van der Waals surface area (Å²) in [6, 6.07) is 17.5. The van der Waals surface area contributed by atoms with Gasteiger partial charge in [0.05, 0.1) is 17.7 Å². The minimum absolute atomic E-state index is 0.116. The number of hydrogen-bond acceptors (Lipinski definition) is 4. The number of hydrogen-bond donors (Lipinski definition) is 1. The zero-order chi connectivity index (χ0) is 22.6. The molecule has 0 saturated carbocycles. The van der Waals surface area contributed by atoms with Crippen LogP contribution in [0.15, 0.2) is 48.5 Å². The lowest BCUT2D eigenvalue weighted by Gasteiger charge is -2.37.